The summed E-state index contributed by atoms with van der Waals surface area (Å²) in [5.74, 6) is 0. The van der Waals surface area contributed by atoms with Crippen molar-refractivity contribution in [3.8, 4) is 0 Å². The molecule has 1 atom stereocenters. The zero-order valence-electron chi connectivity index (χ0n) is 9.21. The lowest BCUT2D eigenvalue weighted by atomic mass is 10.3. The molecule has 4 nitrogen and oxygen atoms in total. The van der Waals surface area contributed by atoms with Crippen molar-refractivity contribution in [2.24, 2.45) is 11.5 Å². The van der Waals surface area contributed by atoms with Gasteiger partial charge in [0.15, 0.2) is 0 Å². The third-order valence-corrected chi connectivity index (χ3v) is 1.91. The van der Waals surface area contributed by atoms with Crippen molar-refractivity contribution in [3.05, 3.63) is 0 Å². The molecule has 0 aromatic rings. The Bertz CT molecular complexity index is 112. The summed E-state index contributed by atoms with van der Waals surface area (Å²) in [5, 5.41) is 0. The minimum absolute atomic E-state index is 0.263. The highest BCUT2D eigenvalue weighted by atomic mass is 16.5. The molecule has 0 radical (unpaired) electrons. The van der Waals surface area contributed by atoms with Crippen molar-refractivity contribution in [3.63, 3.8) is 0 Å². The summed E-state index contributed by atoms with van der Waals surface area (Å²) in [6.45, 7) is 5.71. The Balaban J connectivity index is 3.06. The van der Waals surface area contributed by atoms with E-state index in [4.69, 9.17) is 20.9 Å². The van der Waals surface area contributed by atoms with E-state index in [1.165, 1.54) is 0 Å². The summed E-state index contributed by atoms with van der Waals surface area (Å²) in [7, 11) is 0. The standard InChI is InChI=1S/C10H24N2O2/c1-10(14-8-3-6-12)4-9-13-7-2-5-11/h10H,2-9,11-12H2,1H3. The number of hydrogen-bond acceptors (Lipinski definition) is 4. The first kappa shape index (κ1) is 13.8. The molecule has 0 heterocycles. The van der Waals surface area contributed by atoms with E-state index in [1.807, 2.05) is 0 Å². The van der Waals surface area contributed by atoms with Crippen LogP contribution in [0, 0.1) is 0 Å². The van der Waals surface area contributed by atoms with Gasteiger partial charge in [-0.05, 0) is 39.3 Å². The highest BCUT2D eigenvalue weighted by Gasteiger charge is 2.00. The molecule has 4 heteroatoms. The van der Waals surface area contributed by atoms with Gasteiger partial charge in [0, 0.05) is 19.8 Å². The molecule has 1 unspecified atom stereocenters. The van der Waals surface area contributed by atoms with Gasteiger partial charge in [-0.25, -0.2) is 0 Å². The second kappa shape index (κ2) is 10.9. The summed E-state index contributed by atoms with van der Waals surface area (Å²) in [6.07, 6.45) is 3.06. The fourth-order valence-electron chi connectivity index (χ4n) is 0.988. The van der Waals surface area contributed by atoms with Crippen molar-refractivity contribution in [1.82, 2.24) is 0 Å². The predicted octanol–water partition coefficient (Wildman–Crippen LogP) is 0.496. The molecule has 0 saturated carbocycles. The van der Waals surface area contributed by atoms with Gasteiger partial charge in [-0.15, -0.1) is 0 Å². The van der Waals surface area contributed by atoms with Gasteiger partial charge < -0.3 is 20.9 Å². The van der Waals surface area contributed by atoms with Crippen LogP contribution in [-0.2, 0) is 9.47 Å². The Morgan fingerprint density at radius 1 is 1.00 bits per heavy atom. The van der Waals surface area contributed by atoms with E-state index in [1.54, 1.807) is 0 Å². The van der Waals surface area contributed by atoms with E-state index in [-0.39, 0.29) is 6.10 Å². The average Bonchev–Trinajstić information content (AvgIpc) is 2.18. The maximum atomic E-state index is 5.50. The van der Waals surface area contributed by atoms with Crippen LogP contribution in [0.25, 0.3) is 0 Å². The molecule has 4 N–H and O–H groups in total. The van der Waals surface area contributed by atoms with Crippen LogP contribution in [0.5, 0.6) is 0 Å². The summed E-state index contributed by atoms with van der Waals surface area (Å²) in [6, 6.07) is 0. The lowest BCUT2D eigenvalue weighted by Gasteiger charge is -2.12. The maximum Gasteiger partial charge on any atom is 0.0568 e. The Hall–Kier alpha value is -0.160. The van der Waals surface area contributed by atoms with Crippen LogP contribution in [-0.4, -0.2) is 39.0 Å². The average molecular weight is 204 g/mol. The molecule has 0 aromatic heterocycles. The van der Waals surface area contributed by atoms with Gasteiger partial charge in [-0.1, -0.05) is 0 Å². The van der Waals surface area contributed by atoms with Crippen molar-refractivity contribution in [2.45, 2.75) is 32.3 Å². The summed E-state index contributed by atoms with van der Waals surface area (Å²) < 4.78 is 10.9. The molecule has 0 spiro atoms. The lowest BCUT2D eigenvalue weighted by Crippen LogP contribution is -2.15. The van der Waals surface area contributed by atoms with Crippen molar-refractivity contribution >= 4 is 0 Å². The third-order valence-electron chi connectivity index (χ3n) is 1.91. The monoisotopic (exact) mass is 204 g/mol. The SMILES string of the molecule is CC(CCOCCCN)OCCCN. The van der Waals surface area contributed by atoms with E-state index >= 15 is 0 Å². The molecule has 86 valence electrons. The fraction of sp³-hybridized carbons (Fsp3) is 1.00. The molecule has 0 saturated heterocycles. The second-order valence-corrected chi connectivity index (χ2v) is 3.37. The van der Waals surface area contributed by atoms with Crippen LogP contribution >= 0.6 is 0 Å². The first-order chi connectivity index (χ1) is 6.81. The Morgan fingerprint density at radius 2 is 1.64 bits per heavy atom. The molecule has 0 bridgehead atoms. The minimum Gasteiger partial charge on any atom is -0.381 e. The highest BCUT2D eigenvalue weighted by molar-refractivity contribution is 4.50. The minimum atomic E-state index is 0.263. The zero-order chi connectivity index (χ0) is 10.6. The van der Waals surface area contributed by atoms with Gasteiger partial charge >= 0.3 is 0 Å². The quantitative estimate of drug-likeness (QED) is 0.508. The molecule has 0 aliphatic heterocycles. The maximum absolute atomic E-state index is 5.50. The lowest BCUT2D eigenvalue weighted by molar-refractivity contribution is 0.0311. The molecule has 14 heavy (non-hydrogen) atoms. The number of nitrogens with two attached hydrogens (primary N) is 2. The van der Waals surface area contributed by atoms with Gasteiger partial charge in [0.1, 0.15) is 0 Å². The first-order valence-electron chi connectivity index (χ1n) is 5.40. The topological polar surface area (TPSA) is 70.5 Å². The third kappa shape index (κ3) is 9.92. The molecule has 0 rings (SSSR count). The van der Waals surface area contributed by atoms with Gasteiger partial charge in [-0.2, -0.15) is 0 Å². The van der Waals surface area contributed by atoms with E-state index in [2.05, 4.69) is 6.92 Å². The van der Waals surface area contributed by atoms with Crippen LogP contribution in [0.1, 0.15) is 26.2 Å². The zero-order valence-corrected chi connectivity index (χ0v) is 9.21. The van der Waals surface area contributed by atoms with Crippen LogP contribution in [0.4, 0.5) is 0 Å². The molecular formula is C10H24N2O2. The summed E-state index contributed by atoms with van der Waals surface area (Å²) in [4.78, 5) is 0. The van der Waals surface area contributed by atoms with Crippen LogP contribution in [0.2, 0.25) is 0 Å². The highest BCUT2D eigenvalue weighted by Crippen LogP contribution is 1.98. The molecule has 0 aliphatic rings. The predicted molar refractivity (Wildman–Crippen MR) is 58.2 cm³/mol. The normalized spacial score (nSPS) is 13.1. The fourth-order valence-corrected chi connectivity index (χ4v) is 0.988. The number of rotatable bonds is 10. The molecule has 0 aromatic carbocycles. The Kier molecular flexibility index (Phi) is 10.8. The Labute approximate surface area is 86.9 Å². The largest absolute Gasteiger partial charge is 0.381 e. The van der Waals surface area contributed by atoms with E-state index < -0.39 is 0 Å². The van der Waals surface area contributed by atoms with Crippen LogP contribution < -0.4 is 11.5 Å². The summed E-state index contributed by atoms with van der Waals surface area (Å²) >= 11 is 0. The van der Waals surface area contributed by atoms with E-state index in [9.17, 15) is 0 Å². The van der Waals surface area contributed by atoms with Gasteiger partial charge in [0.2, 0.25) is 0 Å². The van der Waals surface area contributed by atoms with E-state index in [0.29, 0.717) is 13.1 Å². The van der Waals surface area contributed by atoms with Crippen molar-refractivity contribution in [2.75, 3.05) is 32.9 Å². The molecule has 0 fully saturated rings. The van der Waals surface area contributed by atoms with E-state index in [0.717, 1.165) is 39.1 Å². The van der Waals surface area contributed by atoms with Crippen LogP contribution in [0.15, 0.2) is 0 Å². The van der Waals surface area contributed by atoms with Crippen molar-refractivity contribution < 1.29 is 9.47 Å². The first-order valence-corrected chi connectivity index (χ1v) is 5.40. The smallest absolute Gasteiger partial charge is 0.0568 e. The molecule has 0 aliphatic carbocycles. The Morgan fingerprint density at radius 3 is 2.29 bits per heavy atom. The molecular weight excluding hydrogens is 180 g/mol. The van der Waals surface area contributed by atoms with Gasteiger partial charge in [0.25, 0.3) is 0 Å². The van der Waals surface area contributed by atoms with Crippen LogP contribution in [0.3, 0.4) is 0 Å². The molecule has 0 amide bonds. The number of hydrogen-bond donors (Lipinski definition) is 2. The summed E-state index contributed by atoms with van der Waals surface area (Å²) in [5.41, 5.74) is 10.7. The van der Waals surface area contributed by atoms with Gasteiger partial charge in [0.05, 0.1) is 6.10 Å². The second-order valence-electron chi connectivity index (χ2n) is 3.37. The van der Waals surface area contributed by atoms with Crippen molar-refractivity contribution in [1.29, 1.82) is 0 Å². The van der Waals surface area contributed by atoms with Gasteiger partial charge in [-0.3, -0.25) is 0 Å². The number of ether oxygens (including phenoxy) is 2.